The number of cyclic esters (lactones) is 1. The van der Waals surface area contributed by atoms with Gasteiger partial charge in [-0.2, -0.15) is 0 Å². The van der Waals surface area contributed by atoms with Gasteiger partial charge in [0.15, 0.2) is 17.7 Å². The van der Waals surface area contributed by atoms with Crippen LogP contribution in [0.4, 0.5) is 10.5 Å². The molecule has 1 N–H and O–H groups in total. The van der Waals surface area contributed by atoms with Gasteiger partial charge in [0.05, 0.1) is 17.9 Å². The second-order valence-electron chi connectivity index (χ2n) is 5.39. The number of aliphatic hydroxyl groups is 1. The van der Waals surface area contributed by atoms with Crippen molar-refractivity contribution in [3.63, 3.8) is 0 Å². The van der Waals surface area contributed by atoms with Crippen molar-refractivity contribution in [3.05, 3.63) is 49.1 Å². The summed E-state index contributed by atoms with van der Waals surface area (Å²) in [6, 6.07) is 5.54. The molecule has 118 valence electrons. The van der Waals surface area contributed by atoms with E-state index in [1.807, 2.05) is 22.9 Å². The molecule has 2 aliphatic rings. The zero-order valence-electron chi connectivity index (χ0n) is 12.3. The number of benzene rings is 1. The Morgan fingerprint density at radius 2 is 2.26 bits per heavy atom. The number of para-hydroxylation sites is 1. The molecule has 4 rings (SSSR count). The number of amides is 1. The van der Waals surface area contributed by atoms with Gasteiger partial charge in [0.1, 0.15) is 12.7 Å². The summed E-state index contributed by atoms with van der Waals surface area (Å²) in [5.74, 6) is 1.40. The number of carbonyl (C=O) groups excluding carboxylic acids is 1. The number of rotatable bonds is 3. The fourth-order valence-corrected chi connectivity index (χ4v) is 2.87. The molecule has 1 unspecified atom stereocenters. The number of hydrogen-bond acceptors (Lipinski definition) is 5. The Morgan fingerprint density at radius 3 is 3.09 bits per heavy atom. The van der Waals surface area contributed by atoms with Crippen molar-refractivity contribution in [2.24, 2.45) is 0 Å². The van der Waals surface area contributed by atoms with Gasteiger partial charge in [0.2, 0.25) is 0 Å². The van der Waals surface area contributed by atoms with E-state index in [0.717, 1.165) is 11.5 Å². The normalized spacial score (nSPS) is 20.3. The number of anilines is 1. The first-order valence-electron chi connectivity index (χ1n) is 7.26. The van der Waals surface area contributed by atoms with Gasteiger partial charge in [-0.15, -0.1) is 6.58 Å². The van der Waals surface area contributed by atoms with Crippen LogP contribution < -0.4 is 9.64 Å². The van der Waals surface area contributed by atoms with Gasteiger partial charge < -0.3 is 14.6 Å². The molecular weight excluding hydrogens is 298 g/mol. The van der Waals surface area contributed by atoms with Crippen molar-refractivity contribution < 1.29 is 19.4 Å². The number of carbonyl (C=O) groups is 1. The third-order valence-corrected chi connectivity index (χ3v) is 4.04. The summed E-state index contributed by atoms with van der Waals surface area (Å²) < 4.78 is 13.0. The van der Waals surface area contributed by atoms with Gasteiger partial charge in [-0.05, 0) is 12.1 Å². The van der Waals surface area contributed by atoms with Crippen molar-refractivity contribution in [2.75, 3.05) is 11.4 Å². The summed E-state index contributed by atoms with van der Waals surface area (Å²) in [7, 11) is 0. The molecule has 2 atom stereocenters. The van der Waals surface area contributed by atoms with E-state index < -0.39 is 18.3 Å². The maximum absolute atomic E-state index is 12.2. The van der Waals surface area contributed by atoms with Crippen LogP contribution in [0, 0.1) is 0 Å². The van der Waals surface area contributed by atoms with Gasteiger partial charge in [-0.3, -0.25) is 9.47 Å². The van der Waals surface area contributed by atoms with Gasteiger partial charge >= 0.3 is 6.09 Å². The number of ether oxygens (including phenoxy) is 2. The van der Waals surface area contributed by atoms with E-state index >= 15 is 0 Å². The zero-order valence-corrected chi connectivity index (χ0v) is 12.3. The predicted octanol–water partition coefficient (Wildman–Crippen LogP) is 1.64. The lowest BCUT2D eigenvalue weighted by molar-refractivity contribution is 0.0593. The molecule has 1 fully saturated rings. The highest BCUT2D eigenvalue weighted by Crippen LogP contribution is 2.39. The molecule has 0 bridgehead atoms. The van der Waals surface area contributed by atoms with Gasteiger partial charge in [-0.25, -0.2) is 9.78 Å². The SMILES string of the molecule is C=CC(O)[C@H]1CN(c2cccc3c2OCc2nccn2-3)C(=O)O1. The Balaban J connectivity index is 1.73. The molecule has 2 aromatic rings. The van der Waals surface area contributed by atoms with Crippen LogP contribution in [0.25, 0.3) is 5.69 Å². The number of aliphatic hydroxyl groups excluding tert-OH is 1. The van der Waals surface area contributed by atoms with E-state index in [9.17, 15) is 9.90 Å². The topological polar surface area (TPSA) is 76.8 Å². The third kappa shape index (κ3) is 2.08. The highest BCUT2D eigenvalue weighted by Gasteiger charge is 2.38. The zero-order chi connectivity index (χ0) is 16.0. The molecule has 7 nitrogen and oxygen atoms in total. The van der Waals surface area contributed by atoms with Crippen LogP contribution in [0.5, 0.6) is 5.75 Å². The lowest BCUT2D eigenvalue weighted by atomic mass is 10.1. The summed E-state index contributed by atoms with van der Waals surface area (Å²) >= 11 is 0. The van der Waals surface area contributed by atoms with Crippen LogP contribution in [0.1, 0.15) is 5.82 Å². The first kappa shape index (κ1) is 13.8. The van der Waals surface area contributed by atoms with E-state index in [0.29, 0.717) is 18.0 Å². The predicted molar refractivity (Wildman–Crippen MR) is 81.7 cm³/mol. The Hall–Kier alpha value is -2.80. The minimum Gasteiger partial charge on any atom is -0.481 e. The number of aromatic nitrogens is 2. The molecule has 1 saturated heterocycles. The molecular formula is C16H15N3O4. The molecule has 0 saturated carbocycles. The Bertz CT molecular complexity index is 785. The first-order valence-corrected chi connectivity index (χ1v) is 7.26. The van der Waals surface area contributed by atoms with E-state index in [1.54, 1.807) is 12.3 Å². The second-order valence-corrected chi connectivity index (χ2v) is 5.39. The van der Waals surface area contributed by atoms with Gasteiger partial charge in [0, 0.05) is 12.4 Å². The summed E-state index contributed by atoms with van der Waals surface area (Å²) in [6.45, 7) is 4.09. The molecule has 0 radical (unpaired) electrons. The number of hydrogen-bond donors (Lipinski definition) is 1. The Morgan fingerprint density at radius 1 is 1.43 bits per heavy atom. The molecule has 0 spiro atoms. The van der Waals surface area contributed by atoms with Gasteiger partial charge in [-0.1, -0.05) is 12.1 Å². The van der Waals surface area contributed by atoms with Crippen molar-refractivity contribution in [3.8, 4) is 11.4 Å². The van der Waals surface area contributed by atoms with Crippen LogP contribution in [0.2, 0.25) is 0 Å². The minimum absolute atomic E-state index is 0.239. The molecule has 1 amide bonds. The van der Waals surface area contributed by atoms with Crippen molar-refractivity contribution >= 4 is 11.8 Å². The van der Waals surface area contributed by atoms with Crippen molar-refractivity contribution in [2.45, 2.75) is 18.8 Å². The third-order valence-electron chi connectivity index (χ3n) is 4.04. The monoisotopic (exact) mass is 313 g/mol. The second kappa shape index (κ2) is 5.13. The van der Waals surface area contributed by atoms with E-state index in [4.69, 9.17) is 9.47 Å². The largest absolute Gasteiger partial charge is 0.481 e. The summed E-state index contributed by atoms with van der Waals surface area (Å²) in [5.41, 5.74) is 1.44. The van der Waals surface area contributed by atoms with Crippen LogP contribution in [0.15, 0.2) is 43.2 Å². The van der Waals surface area contributed by atoms with Crippen molar-refractivity contribution in [1.82, 2.24) is 9.55 Å². The fourth-order valence-electron chi connectivity index (χ4n) is 2.87. The number of imidazole rings is 1. The average Bonchev–Trinajstić information content (AvgIpc) is 3.20. The standard InChI is InChI=1S/C16H15N3O4/c1-2-12(20)13-8-19(16(21)23-13)11-5-3-4-10-15(11)22-9-14-17-6-7-18(10)14/h2-7,12-13,20H,1,8-9H2/t12?,13-/m1/s1. The molecule has 1 aromatic heterocycles. The molecule has 3 heterocycles. The molecule has 0 aliphatic carbocycles. The van der Waals surface area contributed by atoms with E-state index in [1.165, 1.54) is 11.0 Å². The van der Waals surface area contributed by atoms with Crippen LogP contribution in [-0.2, 0) is 11.3 Å². The van der Waals surface area contributed by atoms with Crippen LogP contribution >= 0.6 is 0 Å². The Kier molecular flexibility index (Phi) is 3.09. The fraction of sp³-hybridized carbons (Fsp3) is 0.250. The summed E-state index contributed by atoms with van der Waals surface area (Å²) in [5, 5.41) is 9.82. The first-order chi connectivity index (χ1) is 11.2. The van der Waals surface area contributed by atoms with Crippen LogP contribution in [-0.4, -0.2) is 39.5 Å². The van der Waals surface area contributed by atoms with E-state index in [2.05, 4.69) is 11.6 Å². The molecule has 23 heavy (non-hydrogen) atoms. The maximum atomic E-state index is 12.2. The summed E-state index contributed by atoms with van der Waals surface area (Å²) in [4.78, 5) is 17.9. The highest BCUT2D eigenvalue weighted by atomic mass is 16.6. The average molecular weight is 313 g/mol. The lowest BCUT2D eigenvalue weighted by Gasteiger charge is -2.24. The quantitative estimate of drug-likeness (QED) is 0.872. The highest BCUT2D eigenvalue weighted by molar-refractivity contribution is 5.92. The summed E-state index contributed by atoms with van der Waals surface area (Å²) in [6.07, 6.45) is 2.88. The van der Waals surface area contributed by atoms with E-state index in [-0.39, 0.29) is 6.54 Å². The Labute approximate surface area is 132 Å². The van der Waals surface area contributed by atoms with Crippen molar-refractivity contribution in [1.29, 1.82) is 0 Å². The smallest absolute Gasteiger partial charge is 0.414 e. The molecule has 2 aliphatic heterocycles. The minimum atomic E-state index is -0.898. The molecule has 7 heteroatoms. The number of fused-ring (bicyclic) bond motifs is 3. The lowest BCUT2D eigenvalue weighted by Crippen LogP contribution is -2.30. The molecule has 1 aromatic carbocycles. The van der Waals surface area contributed by atoms with Gasteiger partial charge in [0.25, 0.3) is 0 Å². The maximum Gasteiger partial charge on any atom is 0.414 e. The number of nitrogens with zero attached hydrogens (tertiary/aromatic N) is 3. The van der Waals surface area contributed by atoms with Crippen LogP contribution in [0.3, 0.4) is 0 Å².